The molecule has 2 unspecified atom stereocenters. The Morgan fingerprint density at radius 2 is 1.95 bits per heavy atom. The van der Waals surface area contributed by atoms with E-state index in [1.54, 1.807) is 0 Å². The maximum Gasteiger partial charge on any atom is 0.251 e. The van der Waals surface area contributed by atoms with Gasteiger partial charge in [0.1, 0.15) is 0 Å². The van der Waals surface area contributed by atoms with Crippen molar-refractivity contribution in [2.45, 2.75) is 38.3 Å². The molecule has 0 radical (unpaired) electrons. The summed E-state index contributed by atoms with van der Waals surface area (Å²) in [5.41, 5.74) is -0.217. The van der Waals surface area contributed by atoms with Gasteiger partial charge in [0.25, 0.3) is 5.91 Å². The summed E-state index contributed by atoms with van der Waals surface area (Å²) < 4.78 is 38.9. The van der Waals surface area contributed by atoms with E-state index < -0.39 is 23.4 Å². The molecule has 1 aromatic rings. The van der Waals surface area contributed by atoms with Crippen LogP contribution in [0.2, 0.25) is 0 Å². The minimum absolute atomic E-state index is 0.151. The first-order valence-electron chi connectivity index (χ1n) is 6.66. The Balaban J connectivity index is 1.95. The summed E-state index contributed by atoms with van der Waals surface area (Å²) in [6.45, 7) is 2.45. The monoisotopic (exact) mass is 286 g/mol. The van der Waals surface area contributed by atoms with Gasteiger partial charge in [0.15, 0.2) is 17.5 Å². The van der Waals surface area contributed by atoms with Crippen LogP contribution in [0.4, 0.5) is 13.2 Å². The van der Waals surface area contributed by atoms with Crippen LogP contribution in [0.5, 0.6) is 0 Å². The number of carbonyl (C=O) groups is 1. The standard InChI is InChI=1S/C14H17F3N2O/c1-8-3-2-4-10(19-8)7-18-14(20)9-5-11(15)13(17)12(16)6-9/h5-6,8,10,19H,2-4,7H2,1H3,(H,18,20). The molecule has 1 aliphatic rings. The summed E-state index contributed by atoms with van der Waals surface area (Å²) in [6.07, 6.45) is 3.12. The van der Waals surface area contributed by atoms with Crippen molar-refractivity contribution in [3.8, 4) is 0 Å². The quantitative estimate of drug-likeness (QED) is 0.838. The summed E-state index contributed by atoms with van der Waals surface area (Å²) in [7, 11) is 0. The Hall–Kier alpha value is -1.56. The molecule has 1 aromatic carbocycles. The van der Waals surface area contributed by atoms with Gasteiger partial charge in [-0.1, -0.05) is 6.42 Å². The third-order valence-electron chi connectivity index (χ3n) is 3.46. The Bertz CT molecular complexity index is 484. The molecular weight excluding hydrogens is 269 g/mol. The van der Waals surface area contributed by atoms with Crippen molar-refractivity contribution in [2.24, 2.45) is 0 Å². The lowest BCUT2D eigenvalue weighted by Crippen LogP contribution is -2.47. The second-order valence-electron chi connectivity index (χ2n) is 5.16. The minimum Gasteiger partial charge on any atom is -0.350 e. The van der Waals surface area contributed by atoms with Crippen LogP contribution in [0.3, 0.4) is 0 Å². The van der Waals surface area contributed by atoms with Crippen LogP contribution < -0.4 is 10.6 Å². The van der Waals surface area contributed by atoms with E-state index in [4.69, 9.17) is 0 Å². The molecular formula is C14H17F3N2O. The highest BCUT2D eigenvalue weighted by molar-refractivity contribution is 5.94. The average molecular weight is 286 g/mol. The smallest absolute Gasteiger partial charge is 0.251 e. The van der Waals surface area contributed by atoms with Gasteiger partial charge in [-0.05, 0) is 31.9 Å². The second-order valence-corrected chi connectivity index (χ2v) is 5.16. The highest BCUT2D eigenvalue weighted by Crippen LogP contribution is 2.14. The van der Waals surface area contributed by atoms with E-state index in [0.29, 0.717) is 24.7 Å². The minimum atomic E-state index is -1.57. The molecule has 0 spiro atoms. The number of piperidine rings is 1. The summed E-state index contributed by atoms with van der Waals surface area (Å²) in [6, 6.07) is 1.94. The number of carbonyl (C=O) groups excluding carboxylic acids is 1. The molecule has 0 bridgehead atoms. The lowest BCUT2D eigenvalue weighted by atomic mass is 9.99. The van der Waals surface area contributed by atoms with Crippen LogP contribution in [0, 0.1) is 17.5 Å². The molecule has 1 fully saturated rings. The normalized spacial score (nSPS) is 22.6. The molecule has 1 amide bonds. The summed E-state index contributed by atoms with van der Waals surface area (Å²) >= 11 is 0. The Labute approximate surface area is 115 Å². The largest absolute Gasteiger partial charge is 0.350 e. The number of halogens is 3. The Morgan fingerprint density at radius 3 is 2.55 bits per heavy atom. The van der Waals surface area contributed by atoms with Gasteiger partial charge in [-0.15, -0.1) is 0 Å². The first kappa shape index (κ1) is 14.8. The predicted octanol–water partition coefficient (Wildman–Crippen LogP) is 2.36. The molecule has 0 saturated carbocycles. The number of amides is 1. The van der Waals surface area contributed by atoms with Gasteiger partial charge in [0, 0.05) is 24.2 Å². The van der Waals surface area contributed by atoms with Crippen molar-refractivity contribution in [3.63, 3.8) is 0 Å². The molecule has 2 N–H and O–H groups in total. The van der Waals surface area contributed by atoms with Gasteiger partial charge in [-0.2, -0.15) is 0 Å². The van der Waals surface area contributed by atoms with Gasteiger partial charge < -0.3 is 10.6 Å². The van der Waals surface area contributed by atoms with E-state index in [1.165, 1.54) is 0 Å². The van der Waals surface area contributed by atoms with Crippen molar-refractivity contribution in [3.05, 3.63) is 35.1 Å². The molecule has 0 aromatic heterocycles. The average Bonchev–Trinajstić information content (AvgIpc) is 2.41. The van der Waals surface area contributed by atoms with Crippen LogP contribution >= 0.6 is 0 Å². The molecule has 2 atom stereocenters. The number of benzene rings is 1. The fourth-order valence-corrected chi connectivity index (χ4v) is 2.41. The molecule has 6 heteroatoms. The SMILES string of the molecule is CC1CCCC(CNC(=O)c2cc(F)c(F)c(F)c2)N1. The number of rotatable bonds is 3. The van der Waals surface area contributed by atoms with Gasteiger partial charge in [-0.3, -0.25) is 4.79 Å². The summed E-state index contributed by atoms with van der Waals surface area (Å²) in [4.78, 5) is 11.8. The van der Waals surface area contributed by atoms with Gasteiger partial charge in [-0.25, -0.2) is 13.2 Å². The topological polar surface area (TPSA) is 41.1 Å². The van der Waals surface area contributed by atoms with Gasteiger partial charge in [0.2, 0.25) is 0 Å². The molecule has 1 heterocycles. The van der Waals surface area contributed by atoms with Crippen molar-refractivity contribution in [1.82, 2.24) is 10.6 Å². The van der Waals surface area contributed by atoms with Crippen LogP contribution in [0.25, 0.3) is 0 Å². The molecule has 1 saturated heterocycles. The highest BCUT2D eigenvalue weighted by Gasteiger charge is 2.19. The fraction of sp³-hybridized carbons (Fsp3) is 0.500. The maximum atomic E-state index is 13.0. The molecule has 0 aliphatic carbocycles. The fourth-order valence-electron chi connectivity index (χ4n) is 2.41. The van der Waals surface area contributed by atoms with Crippen LogP contribution in [-0.2, 0) is 0 Å². The third kappa shape index (κ3) is 3.50. The first-order chi connectivity index (χ1) is 9.47. The predicted molar refractivity (Wildman–Crippen MR) is 68.9 cm³/mol. The van der Waals surface area contributed by atoms with Gasteiger partial charge in [0.05, 0.1) is 0 Å². The summed E-state index contributed by atoms with van der Waals surface area (Å²) in [5.74, 6) is -4.90. The van der Waals surface area contributed by atoms with Crippen molar-refractivity contribution in [1.29, 1.82) is 0 Å². The van der Waals surface area contributed by atoms with Gasteiger partial charge >= 0.3 is 0 Å². The highest BCUT2D eigenvalue weighted by atomic mass is 19.2. The molecule has 110 valence electrons. The lowest BCUT2D eigenvalue weighted by Gasteiger charge is -2.28. The molecule has 2 rings (SSSR count). The first-order valence-corrected chi connectivity index (χ1v) is 6.66. The zero-order valence-electron chi connectivity index (χ0n) is 11.2. The van der Waals surface area contributed by atoms with E-state index >= 15 is 0 Å². The molecule has 1 aliphatic heterocycles. The van der Waals surface area contributed by atoms with Crippen molar-refractivity contribution in [2.75, 3.05) is 6.54 Å². The Kier molecular flexibility index (Phi) is 4.65. The second kappa shape index (κ2) is 6.26. The lowest BCUT2D eigenvalue weighted by molar-refractivity contribution is 0.0945. The van der Waals surface area contributed by atoms with E-state index in [1.807, 2.05) is 0 Å². The maximum absolute atomic E-state index is 13.0. The van der Waals surface area contributed by atoms with E-state index in [9.17, 15) is 18.0 Å². The third-order valence-corrected chi connectivity index (χ3v) is 3.46. The van der Waals surface area contributed by atoms with E-state index in [2.05, 4.69) is 17.6 Å². The van der Waals surface area contributed by atoms with E-state index in [-0.39, 0.29) is 11.6 Å². The number of hydrogen-bond donors (Lipinski definition) is 2. The van der Waals surface area contributed by atoms with Crippen LogP contribution in [0.15, 0.2) is 12.1 Å². The number of nitrogens with one attached hydrogen (secondary N) is 2. The number of hydrogen-bond acceptors (Lipinski definition) is 2. The summed E-state index contributed by atoms with van der Waals surface area (Å²) in [5, 5.41) is 5.94. The molecule has 20 heavy (non-hydrogen) atoms. The van der Waals surface area contributed by atoms with Crippen molar-refractivity contribution >= 4 is 5.91 Å². The zero-order valence-corrected chi connectivity index (χ0v) is 11.2. The van der Waals surface area contributed by atoms with Crippen molar-refractivity contribution < 1.29 is 18.0 Å². The van der Waals surface area contributed by atoms with Crippen LogP contribution in [0.1, 0.15) is 36.5 Å². The van der Waals surface area contributed by atoms with E-state index in [0.717, 1.165) is 19.3 Å². The Morgan fingerprint density at radius 1 is 1.30 bits per heavy atom. The molecule has 3 nitrogen and oxygen atoms in total. The zero-order chi connectivity index (χ0) is 14.7. The van der Waals surface area contributed by atoms with Crippen LogP contribution in [-0.4, -0.2) is 24.5 Å².